The highest BCUT2D eigenvalue weighted by atomic mass is 16.5. The molecule has 0 spiro atoms. The lowest BCUT2D eigenvalue weighted by Crippen LogP contribution is -2.34. The van der Waals surface area contributed by atoms with Crippen LogP contribution in [0, 0.1) is 5.92 Å². The molecule has 0 aromatic rings. The number of hydrogen-bond acceptors (Lipinski definition) is 5. The highest BCUT2D eigenvalue weighted by Crippen LogP contribution is 2.17. The Morgan fingerprint density at radius 3 is 2.06 bits per heavy atom. The Morgan fingerprint density at radius 1 is 1.35 bits per heavy atom. The Labute approximate surface area is 104 Å². The van der Waals surface area contributed by atoms with Gasteiger partial charge in [-0.1, -0.05) is 0 Å². The first-order valence-electron chi connectivity index (χ1n) is 5.79. The van der Waals surface area contributed by atoms with Gasteiger partial charge in [0.15, 0.2) is 0 Å². The molecular weight excluding hydrogens is 222 g/mol. The minimum Gasteiger partial charge on any atom is -0.471 e. The summed E-state index contributed by atoms with van der Waals surface area (Å²) in [5, 5.41) is 3.28. The molecule has 1 atom stereocenters. The number of methoxy groups -OCH3 is 1. The maximum absolute atomic E-state index is 8.95. The summed E-state index contributed by atoms with van der Waals surface area (Å²) < 4.78 is 9.13. The van der Waals surface area contributed by atoms with Crippen molar-refractivity contribution in [2.75, 3.05) is 27.4 Å². The minimum atomic E-state index is 0.375. The number of carbonyl (C=O) groups is 2. The lowest BCUT2D eigenvalue weighted by Gasteiger charge is -2.27. The van der Waals surface area contributed by atoms with Crippen molar-refractivity contribution in [1.29, 1.82) is 0 Å². The van der Waals surface area contributed by atoms with Gasteiger partial charge in [-0.25, -0.2) is 0 Å². The van der Waals surface area contributed by atoms with Crippen molar-refractivity contribution in [1.82, 2.24) is 5.32 Å². The summed E-state index contributed by atoms with van der Waals surface area (Å²) in [4.78, 5) is 17.8. The van der Waals surface area contributed by atoms with Crippen LogP contribution in [0.2, 0.25) is 0 Å². The average Bonchev–Trinajstić information content (AvgIpc) is 2.40. The van der Waals surface area contributed by atoms with E-state index in [1.165, 1.54) is 26.9 Å². The summed E-state index contributed by atoms with van der Waals surface area (Å²) in [5.74, 6) is 0.832. The molecule has 0 bridgehead atoms. The fourth-order valence-corrected chi connectivity index (χ4v) is 1.45. The number of nitrogens with one attached hydrogen (secondary N) is 1. The number of hydrogen-bond donors (Lipinski definition) is 1. The average molecular weight is 247 g/mol. The van der Waals surface area contributed by atoms with Crippen LogP contribution in [0.3, 0.4) is 0 Å². The van der Waals surface area contributed by atoms with E-state index in [0.717, 1.165) is 25.4 Å². The fraction of sp³-hybridized carbons (Fsp3) is 0.833. The zero-order chi connectivity index (χ0) is 13.5. The molecule has 5 heteroatoms. The van der Waals surface area contributed by atoms with Crippen LogP contribution in [-0.2, 0) is 19.1 Å². The molecule has 1 N–H and O–H groups in total. The van der Waals surface area contributed by atoms with Gasteiger partial charge in [-0.15, -0.1) is 0 Å². The van der Waals surface area contributed by atoms with Crippen LogP contribution in [0.1, 0.15) is 26.7 Å². The van der Waals surface area contributed by atoms with Crippen molar-refractivity contribution >= 4 is 12.8 Å². The van der Waals surface area contributed by atoms with E-state index in [0.29, 0.717) is 12.5 Å². The molecule has 0 aromatic heterocycles. The van der Waals surface area contributed by atoms with E-state index < -0.39 is 0 Å². The number of carbonyl (C=O) groups excluding carboxylic acids is 2. The highest BCUT2D eigenvalue weighted by molar-refractivity contribution is 5.44. The zero-order valence-electron chi connectivity index (χ0n) is 11.3. The molecule has 102 valence electrons. The van der Waals surface area contributed by atoms with Gasteiger partial charge < -0.3 is 19.6 Å². The summed E-state index contributed by atoms with van der Waals surface area (Å²) >= 11 is 0. The van der Waals surface area contributed by atoms with Gasteiger partial charge in [0.2, 0.25) is 0 Å². The normalized spacial score (nSPS) is 16.5. The maximum atomic E-state index is 8.95. The van der Waals surface area contributed by atoms with Gasteiger partial charge in [0, 0.05) is 19.3 Å². The van der Waals surface area contributed by atoms with Crippen molar-refractivity contribution in [3.05, 3.63) is 0 Å². The van der Waals surface area contributed by atoms with Gasteiger partial charge in [0.25, 0.3) is 6.47 Å². The van der Waals surface area contributed by atoms with Crippen molar-refractivity contribution in [3.63, 3.8) is 0 Å². The van der Waals surface area contributed by atoms with Crippen LogP contribution in [0.25, 0.3) is 0 Å². The third-order valence-electron chi connectivity index (χ3n) is 2.52. The highest BCUT2D eigenvalue weighted by Gasteiger charge is 2.18. The molecule has 0 aromatic carbocycles. The first kappa shape index (κ1) is 18.4. The van der Waals surface area contributed by atoms with E-state index in [2.05, 4.69) is 17.0 Å². The third-order valence-corrected chi connectivity index (χ3v) is 2.52. The van der Waals surface area contributed by atoms with Gasteiger partial charge in [0.05, 0.1) is 7.11 Å². The van der Waals surface area contributed by atoms with E-state index in [1.54, 1.807) is 0 Å². The van der Waals surface area contributed by atoms with Gasteiger partial charge in [-0.3, -0.25) is 4.79 Å². The zero-order valence-corrected chi connectivity index (χ0v) is 11.3. The molecule has 1 aliphatic heterocycles. The molecule has 5 nitrogen and oxygen atoms in total. The third kappa shape index (κ3) is 13.0. The molecule has 0 amide bonds. The minimum absolute atomic E-state index is 0.375. The summed E-state index contributed by atoms with van der Waals surface area (Å²) in [6.45, 7) is 5.98. The van der Waals surface area contributed by atoms with Gasteiger partial charge in [-0.2, -0.15) is 0 Å². The van der Waals surface area contributed by atoms with Crippen LogP contribution < -0.4 is 5.32 Å². The Morgan fingerprint density at radius 2 is 1.76 bits per heavy atom. The molecule has 0 saturated carbocycles. The molecule has 1 fully saturated rings. The topological polar surface area (TPSA) is 64.6 Å². The second-order valence-corrected chi connectivity index (χ2v) is 3.59. The van der Waals surface area contributed by atoms with E-state index >= 15 is 0 Å². The lowest BCUT2D eigenvalue weighted by molar-refractivity contribution is -0.126. The molecule has 1 rings (SSSR count). The number of aldehydes is 1. The van der Waals surface area contributed by atoms with E-state index in [1.807, 2.05) is 7.05 Å². The van der Waals surface area contributed by atoms with Crippen molar-refractivity contribution in [3.8, 4) is 0 Å². The van der Waals surface area contributed by atoms with Crippen LogP contribution in [0.4, 0.5) is 0 Å². The lowest BCUT2D eigenvalue weighted by atomic mass is 9.93. The van der Waals surface area contributed by atoms with Gasteiger partial charge in [0.1, 0.15) is 6.29 Å². The second kappa shape index (κ2) is 15.1. The van der Waals surface area contributed by atoms with Crippen LogP contribution in [0.15, 0.2) is 0 Å². The molecule has 0 radical (unpaired) electrons. The SMILES string of the molecule is CC=O.CNC(C)C1CCOCC1.COC=O. The summed E-state index contributed by atoms with van der Waals surface area (Å²) in [5.41, 5.74) is 0. The predicted octanol–water partition coefficient (Wildman–Crippen LogP) is 1.02. The molecule has 1 unspecified atom stereocenters. The Hall–Kier alpha value is -0.940. The van der Waals surface area contributed by atoms with Crippen molar-refractivity contribution in [2.24, 2.45) is 5.92 Å². The Kier molecular flexibility index (Phi) is 16.3. The molecule has 17 heavy (non-hydrogen) atoms. The van der Waals surface area contributed by atoms with Gasteiger partial charge >= 0.3 is 0 Å². The van der Waals surface area contributed by atoms with E-state index in [9.17, 15) is 0 Å². The maximum Gasteiger partial charge on any atom is 0.292 e. The molecule has 1 heterocycles. The van der Waals surface area contributed by atoms with Gasteiger partial charge in [-0.05, 0) is 39.7 Å². The largest absolute Gasteiger partial charge is 0.471 e. The first-order valence-corrected chi connectivity index (χ1v) is 5.79. The van der Waals surface area contributed by atoms with Crippen LogP contribution >= 0.6 is 0 Å². The molecule has 1 saturated heterocycles. The monoisotopic (exact) mass is 247 g/mol. The first-order chi connectivity index (χ1) is 8.17. The number of ether oxygens (including phenoxy) is 2. The smallest absolute Gasteiger partial charge is 0.292 e. The van der Waals surface area contributed by atoms with Crippen molar-refractivity contribution in [2.45, 2.75) is 32.7 Å². The summed E-state index contributed by atoms with van der Waals surface area (Å²) in [6.07, 6.45) is 3.20. The second-order valence-electron chi connectivity index (χ2n) is 3.59. The van der Waals surface area contributed by atoms with E-state index in [-0.39, 0.29) is 0 Å². The Balaban J connectivity index is 0. The predicted molar refractivity (Wildman–Crippen MR) is 66.9 cm³/mol. The molecular formula is C12H25NO4. The summed E-state index contributed by atoms with van der Waals surface area (Å²) in [7, 11) is 3.34. The number of rotatable bonds is 3. The molecule has 1 aliphatic rings. The van der Waals surface area contributed by atoms with Crippen LogP contribution in [-0.4, -0.2) is 46.2 Å². The molecule has 0 aliphatic carbocycles. The quantitative estimate of drug-likeness (QED) is 0.754. The fourth-order valence-electron chi connectivity index (χ4n) is 1.45. The summed E-state index contributed by atoms with van der Waals surface area (Å²) in [6, 6.07) is 0.656. The standard InChI is InChI=1S/C8H17NO.C2H4O2.C2H4O/c1-7(9-2)8-3-5-10-6-4-8;1-4-2-3;1-2-3/h7-9H,3-6H2,1-2H3;2H,1H3;2H,1H3. The van der Waals surface area contributed by atoms with Crippen LogP contribution in [0.5, 0.6) is 0 Å². The van der Waals surface area contributed by atoms with E-state index in [4.69, 9.17) is 14.3 Å². The van der Waals surface area contributed by atoms with Crippen molar-refractivity contribution < 1.29 is 19.1 Å². The Bertz CT molecular complexity index is 170.